The van der Waals surface area contributed by atoms with E-state index >= 15 is 0 Å². The van der Waals surface area contributed by atoms with Gasteiger partial charge in [-0.05, 0) is 27.2 Å². The minimum Gasteiger partial charge on any atom is -0.444 e. The van der Waals surface area contributed by atoms with Crippen molar-refractivity contribution in [3.05, 3.63) is 0 Å². The molecule has 2 fully saturated rings. The third kappa shape index (κ3) is 5.80. The normalized spacial score (nSPS) is 21.2. The first kappa shape index (κ1) is 16.5. The van der Waals surface area contributed by atoms with Gasteiger partial charge in [0.15, 0.2) is 0 Å². The Morgan fingerprint density at radius 3 is 2.38 bits per heavy atom. The maximum Gasteiger partial charge on any atom is 0.410 e. The van der Waals surface area contributed by atoms with Gasteiger partial charge < -0.3 is 19.7 Å². The zero-order valence-electron chi connectivity index (χ0n) is 13.6. The van der Waals surface area contributed by atoms with E-state index in [1.165, 1.54) is 0 Å². The summed E-state index contributed by atoms with van der Waals surface area (Å²) in [5.41, 5.74) is -0.415. The molecular weight excluding hydrogens is 270 g/mol. The van der Waals surface area contributed by atoms with Crippen molar-refractivity contribution >= 4 is 6.09 Å². The van der Waals surface area contributed by atoms with Crippen molar-refractivity contribution in [2.75, 3.05) is 52.4 Å². The second-order valence-corrected chi connectivity index (χ2v) is 6.81. The molecule has 0 aromatic carbocycles. The van der Waals surface area contributed by atoms with Crippen molar-refractivity contribution in [1.29, 1.82) is 0 Å². The van der Waals surface area contributed by atoms with Crippen LogP contribution in [0.25, 0.3) is 0 Å². The van der Waals surface area contributed by atoms with Crippen molar-refractivity contribution in [2.45, 2.75) is 38.9 Å². The maximum atomic E-state index is 12.0. The minimum atomic E-state index is -0.415. The summed E-state index contributed by atoms with van der Waals surface area (Å²) in [5.74, 6) is 0. The summed E-state index contributed by atoms with van der Waals surface area (Å²) >= 11 is 0. The van der Waals surface area contributed by atoms with Crippen molar-refractivity contribution < 1.29 is 14.3 Å². The van der Waals surface area contributed by atoms with Crippen LogP contribution in [0.15, 0.2) is 0 Å². The van der Waals surface area contributed by atoms with E-state index in [1.54, 1.807) is 4.90 Å². The van der Waals surface area contributed by atoms with E-state index in [1.807, 2.05) is 20.8 Å². The summed E-state index contributed by atoms with van der Waals surface area (Å²) in [7, 11) is 0. The lowest BCUT2D eigenvalue weighted by Crippen LogP contribution is -2.50. The molecule has 0 unspecified atom stereocenters. The van der Waals surface area contributed by atoms with Crippen LogP contribution in [0, 0.1) is 0 Å². The van der Waals surface area contributed by atoms with Crippen molar-refractivity contribution in [2.24, 2.45) is 0 Å². The number of ether oxygens (including phenoxy) is 2. The van der Waals surface area contributed by atoms with E-state index in [2.05, 4.69) is 10.2 Å². The van der Waals surface area contributed by atoms with Gasteiger partial charge in [0.05, 0.1) is 6.10 Å². The first-order valence-corrected chi connectivity index (χ1v) is 7.97. The zero-order chi connectivity index (χ0) is 15.3. The lowest BCUT2D eigenvalue weighted by atomic mass is 10.2. The van der Waals surface area contributed by atoms with Gasteiger partial charge in [-0.1, -0.05) is 0 Å². The average molecular weight is 299 g/mol. The highest BCUT2D eigenvalue weighted by molar-refractivity contribution is 5.68. The van der Waals surface area contributed by atoms with E-state index in [4.69, 9.17) is 9.47 Å². The lowest BCUT2D eigenvalue weighted by Gasteiger charge is -2.35. The van der Waals surface area contributed by atoms with Crippen LogP contribution in [0.3, 0.4) is 0 Å². The van der Waals surface area contributed by atoms with Crippen LogP contribution < -0.4 is 5.32 Å². The van der Waals surface area contributed by atoms with E-state index in [0.717, 1.165) is 58.8 Å². The third-order valence-electron chi connectivity index (χ3n) is 3.74. The van der Waals surface area contributed by atoms with Gasteiger partial charge in [0.25, 0.3) is 0 Å². The van der Waals surface area contributed by atoms with Crippen LogP contribution >= 0.6 is 0 Å². The Balaban J connectivity index is 1.56. The summed E-state index contributed by atoms with van der Waals surface area (Å²) in [6, 6.07) is 0. The Morgan fingerprint density at radius 2 is 1.86 bits per heavy atom. The van der Waals surface area contributed by atoms with Gasteiger partial charge in [0, 0.05) is 52.4 Å². The van der Waals surface area contributed by atoms with Crippen LogP contribution in [-0.2, 0) is 9.47 Å². The van der Waals surface area contributed by atoms with Crippen LogP contribution in [-0.4, -0.2) is 80.0 Å². The number of carbonyl (C=O) groups is 1. The second kappa shape index (κ2) is 7.42. The Hall–Kier alpha value is -0.850. The molecule has 0 aromatic heterocycles. The quantitative estimate of drug-likeness (QED) is 0.765. The molecule has 6 heteroatoms. The summed E-state index contributed by atoms with van der Waals surface area (Å²) in [6.45, 7) is 12.9. The SMILES string of the molecule is CC(C)(C)OC(=O)N1CCN(CCCOC2CNC2)CC1. The molecule has 0 saturated carbocycles. The molecule has 122 valence electrons. The fraction of sp³-hybridized carbons (Fsp3) is 0.933. The number of piperazine rings is 1. The molecule has 0 aliphatic carbocycles. The lowest BCUT2D eigenvalue weighted by molar-refractivity contribution is 0.00550. The van der Waals surface area contributed by atoms with Crippen molar-refractivity contribution in [3.8, 4) is 0 Å². The number of carbonyl (C=O) groups excluding carboxylic acids is 1. The molecule has 2 aliphatic rings. The van der Waals surface area contributed by atoms with Gasteiger partial charge in [-0.2, -0.15) is 0 Å². The predicted octanol–water partition coefficient (Wildman–Crippen LogP) is 0.918. The van der Waals surface area contributed by atoms with E-state index in [9.17, 15) is 4.79 Å². The molecule has 2 rings (SSSR count). The van der Waals surface area contributed by atoms with Gasteiger partial charge in [-0.25, -0.2) is 4.79 Å². The molecule has 0 atom stereocenters. The second-order valence-electron chi connectivity index (χ2n) is 6.81. The van der Waals surface area contributed by atoms with Crippen LogP contribution in [0.5, 0.6) is 0 Å². The summed E-state index contributed by atoms with van der Waals surface area (Å²) in [4.78, 5) is 16.2. The molecule has 2 saturated heterocycles. The van der Waals surface area contributed by atoms with Gasteiger partial charge >= 0.3 is 6.09 Å². The van der Waals surface area contributed by atoms with Crippen LogP contribution in [0.2, 0.25) is 0 Å². The Kier molecular flexibility index (Phi) is 5.84. The molecule has 2 heterocycles. The molecule has 0 radical (unpaired) electrons. The van der Waals surface area contributed by atoms with Gasteiger partial charge in [-0.3, -0.25) is 4.90 Å². The number of amides is 1. The standard InChI is InChI=1S/C15H29N3O3/c1-15(2,3)21-14(19)18-8-6-17(7-9-18)5-4-10-20-13-11-16-12-13/h13,16H,4-12H2,1-3H3. The minimum absolute atomic E-state index is 0.192. The molecule has 21 heavy (non-hydrogen) atoms. The van der Waals surface area contributed by atoms with E-state index in [0.29, 0.717) is 6.10 Å². The zero-order valence-corrected chi connectivity index (χ0v) is 13.6. The van der Waals surface area contributed by atoms with Crippen LogP contribution in [0.4, 0.5) is 4.79 Å². The van der Waals surface area contributed by atoms with Crippen molar-refractivity contribution in [3.63, 3.8) is 0 Å². The number of nitrogens with one attached hydrogen (secondary N) is 1. The number of hydrogen-bond donors (Lipinski definition) is 1. The maximum absolute atomic E-state index is 12.0. The predicted molar refractivity (Wildman–Crippen MR) is 81.5 cm³/mol. The molecule has 1 amide bonds. The summed E-state index contributed by atoms with van der Waals surface area (Å²) < 4.78 is 11.1. The third-order valence-corrected chi connectivity index (χ3v) is 3.74. The highest BCUT2D eigenvalue weighted by Gasteiger charge is 2.25. The molecule has 0 spiro atoms. The summed E-state index contributed by atoms with van der Waals surface area (Å²) in [6.07, 6.45) is 1.29. The van der Waals surface area contributed by atoms with Crippen LogP contribution in [0.1, 0.15) is 27.2 Å². The fourth-order valence-electron chi connectivity index (χ4n) is 2.40. The Bertz CT molecular complexity index is 332. The smallest absolute Gasteiger partial charge is 0.410 e. The summed E-state index contributed by atoms with van der Waals surface area (Å²) in [5, 5.41) is 3.20. The molecule has 1 N–H and O–H groups in total. The Labute approximate surface area is 127 Å². The number of nitrogens with zero attached hydrogens (tertiary/aromatic N) is 2. The Morgan fingerprint density at radius 1 is 1.19 bits per heavy atom. The first-order valence-electron chi connectivity index (χ1n) is 7.97. The molecular formula is C15H29N3O3. The topological polar surface area (TPSA) is 54.0 Å². The van der Waals surface area contributed by atoms with Gasteiger partial charge in [0.2, 0.25) is 0 Å². The van der Waals surface area contributed by atoms with Gasteiger partial charge in [-0.15, -0.1) is 0 Å². The number of hydrogen-bond acceptors (Lipinski definition) is 5. The molecule has 2 aliphatic heterocycles. The highest BCUT2D eigenvalue weighted by atomic mass is 16.6. The largest absolute Gasteiger partial charge is 0.444 e. The number of rotatable bonds is 5. The highest BCUT2D eigenvalue weighted by Crippen LogP contribution is 2.12. The average Bonchev–Trinajstić information content (AvgIpc) is 2.35. The monoisotopic (exact) mass is 299 g/mol. The molecule has 0 aromatic rings. The first-order chi connectivity index (χ1) is 9.94. The van der Waals surface area contributed by atoms with Crippen molar-refractivity contribution in [1.82, 2.24) is 15.1 Å². The molecule has 0 bridgehead atoms. The molecule has 6 nitrogen and oxygen atoms in total. The van der Waals surface area contributed by atoms with E-state index in [-0.39, 0.29) is 6.09 Å². The van der Waals surface area contributed by atoms with E-state index < -0.39 is 5.60 Å². The van der Waals surface area contributed by atoms with Gasteiger partial charge in [0.1, 0.15) is 5.60 Å². The fourth-order valence-corrected chi connectivity index (χ4v) is 2.40.